The fraction of sp³-hybridized carbons (Fsp3) is 0.250. The van der Waals surface area contributed by atoms with E-state index in [4.69, 9.17) is 9.26 Å². The number of methoxy groups -OCH3 is 1. The highest BCUT2D eigenvalue weighted by atomic mass is 16.5. The lowest BCUT2D eigenvalue weighted by Crippen LogP contribution is -2.48. The molecular formula is C24H24N6O3. The Kier molecular flexibility index (Phi) is 5.86. The molecule has 0 aliphatic carbocycles. The van der Waals surface area contributed by atoms with Gasteiger partial charge in [-0.2, -0.15) is 10.1 Å². The highest BCUT2D eigenvalue weighted by Crippen LogP contribution is 2.20. The topological polar surface area (TPSA) is 89.5 Å². The number of benzene rings is 2. The summed E-state index contributed by atoms with van der Waals surface area (Å²) in [6, 6.07) is 19.0. The number of hydrogen-bond acceptors (Lipinski definition) is 7. The summed E-state index contributed by atoms with van der Waals surface area (Å²) in [5, 5.41) is 8.54. The Labute approximate surface area is 191 Å². The van der Waals surface area contributed by atoms with Crippen LogP contribution in [0.4, 0.5) is 0 Å². The van der Waals surface area contributed by atoms with Crippen molar-refractivity contribution in [2.24, 2.45) is 0 Å². The number of aromatic nitrogens is 4. The molecule has 33 heavy (non-hydrogen) atoms. The smallest absolute Gasteiger partial charge is 0.274 e. The third-order valence-corrected chi connectivity index (χ3v) is 5.66. The summed E-state index contributed by atoms with van der Waals surface area (Å²) in [5.41, 5.74) is 2.25. The van der Waals surface area contributed by atoms with E-state index >= 15 is 0 Å². The molecule has 4 aromatic rings. The number of ether oxygens (including phenoxy) is 1. The van der Waals surface area contributed by atoms with Crippen LogP contribution in [0.3, 0.4) is 0 Å². The third-order valence-electron chi connectivity index (χ3n) is 5.66. The van der Waals surface area contributed by atoms with Gasteiger partial charge in [0.25, 0.3) is 5.91 Å². The first kappa shape index (κ1) is 20.9. The van der Waals surface area contributed by atoms with Gasteiger partial charge in [-0.3, -0.25) is 9.69 Å². The Morgan fingerprint density at radius 2 is 1.76 bits per heavy atom. The van der Waals surface area contributed by atoms with Crippen molar-refractivity contribution in [2.75, 3.05) is 33.3 Å². The van der Waals surface area contributed by atoms with Crippen molar-refractivity contribution < 1.29 is 14.1 Å². The fourth-order valence-corrected chi connectivity index (χ4v) is 3.80. The van der Waals surface area contributed by atoms with Gasteiger partial charge in [0.2, 0.25) is 11.7 Å². The van der Waals surface area contributed by atoms with Crippen LogP contribution in [0.15, 0.2) is 71.4 Å². The van der Waals surface area contributed by atoms with Crippen LogP contribution in [0.1, 0.15) is 16.4 Å². The van der Waals surface area contributed by atoms with E-state index in [1.807, 2.05) is 65.7 Å². The van der Waals surface area contributed by atoms with Crippen molar-refractivity contribution in [3.8, 4) is 22.8 Å². The SMILES string of the molecule is COc1ccc(-c2noc(CN3CCN(C(=O)c4ccn(-c5ccccc5)n4)CC3)n2)cc1. The maximum Gasteiger partial charge on any atom is 0.274 e. The van der Waals surface area contributed by atoms with Gasteiger partial charge in [0.05, 0.1) is 19.3 Å². The van der Waals surface area contributed by atoms with E-state index in [-0.39, 0.29) is 5.91 Å². The predicted octanol–water partition coefficient (Wildman–Crippen LogP) is 2.89. The second-order valence-electron chi connectivity index (χ2n) is 7.79. The molecule has 0 bridgehead atoms. The molecule has 1 fully saturated rings. The number of para-hydroxylation sites is 1. The number of amides is 1. The minimum atomic E-state index is -0.0519. The molecule has 3 heterocycles. The Hall–Kier alpha value is -3.98. The number of rotatable bonds is 6. The molecule has 0 unspecified atom stereocenters. The molecule has 1 aliphatic rings. The summed E-state index contributed by atoms with van der Waals surface area (Å²) in [5.74, 6) is 1.84. The average Bonchev–Trinajstić information content (AvgIpc) is 3.55. The van der Waals surface area contributed by atoms with Crippen molar-refractivity contribution in [3.63, 3.8) is 0 Å². The van der Waals surface area contributed by atoms with Gasteiger partial charge in [0.15, 0.2) is 5.69 Å². The summed E-state index contributed by atoms with van der Waals surface area (Å²) < 4.78 is 12.3. The lowest BCUT2D eigenvalue weighted by molar-refractivity contribution is 0.0609. The quantitative estimate of drug-likeness (QED) is 0.452. The standard InChI is InChI=1S/C24H24N6O3/c1-32-20-9-7-18(8-10-20)23-25-22(33-27-23)17-28-13-15-29(16-14-28)24(31)21-11-12-30(26-21)19-5-3-2-4-6-19/h2-12H,13-17H2,1H3. The van der Waals surface area contributed by atoms with E-state index in [0.717, 1.165) is 30.1 Å². The number of hydrogen-bond donors (Lipinski definition) is 0. The fourth-order valence-electron chi connectivity index (χ4n) is 3.80. The van der Waals surface area contributed by atoms with Crippen LogP contribution in [0.2, 0.25) is 0 Å². The van der Waals surface area contributed by atoms with Crippen LogP contribution >= 0.6 is 0 Å². The molecule has 0 saturated carbocycles. The van der Waals surface area contributed by atoms with Crippen LogP contribution in [0.5, 0.6) is 5.75 Å². The Balaban J connectivity index is 1.16. The molecule has 9 nitrogen and oxygen atoms in total. The van der Waals surface area contributed by atoms with Gasteiger partial charge < -0.3 is 14.2 Å². The van der Waals surface area contributed by atoms with Crippen molar-refractivity contribution in [1.29, 1.82) is 0 Å². The molecular weight excluding hydrogens is 420 g/mol. The zero-order chi connectivity index (χ0) is 22.6. The number of nitrogens with zero attached hydrogens (tertiary/aromatic N) is 6. The second-order valence-corrected chi connectivity index (χ2v) is 7.79. The molecule has 1 amide bonds. The van der Waals surface area contributed by atoms with Crippen LogP contribution in [0.25, 0.3) is 17.1 Å². The van der Waals surface area contributed by atoms with Gasteiger partial charge in [-0.1, -0.05) is 23.4 Å². The maximum absolute atomic E-state index is 12.9. The lowest BCUT2D eigenvalue weighted by atomic mass is 10.2. The van der Waals surface area contributed by atoms with Crippen molar-refractivity contribution in [2.45, 2.75) is 6.54 Å². The van der Waals surface area contributed by atoms with Crippen molar-refractivity contribution in [3.05, 3.63) is 78.4 Å². The van der Waals surface area contributed by atoms with Crippen LogP contribution < -0.4 is 4.74 Å². The molecule has 1 saturated heterocycles. The average molecular weight is 444 g/mol. The van der Waals surface area contributed by atoms with E-state index in [9.17, 15) is 4.79 Å². The normalized spacial score (nSPS) is 14.4. The monoisotopic (exact) mass is 444 g/mol. The van der Waals surface area contributed by atoms with Crippen molar-refractivity contribution >= 4 is 5.91 Å². The summed E-state index contributed by atoms with van der Waals surface area (Å²) in [7, 11) is 1.63. The van der Waals surface area contributed by atoms with E-state index in [0.29, 0.717) is 37.0 Å². The molecule has 168 valence electrons. The van der Waals surface area contributed by atoms with Crippen LogP contribution in [-0.2, 0) is 6.54 Å². The second kappa shape index (κ2) is 9.25. The highest BCUT2D eigenvalue weighted by molar-refractivity contribution is 5.92. The van der Waals surface area contributed by atoms with E-state index in [1.165, 1.54) is 0 Å². The molecule has 9 heteroatoms. The number of piperazine rings is 1. The van der Waals surface area contributed by atoms with Gasteiger partial charge in [0.1, 0.15) is 5.75 Å². The Morgan fingerprint density at radius 1 is 1.00 bits per heavy atom. The van der Waals surface area contributed by atoms with Crippen molar-refractivity contribution in [1.82, 2.24) is 29.7 Å². The van der Waals surface area contributed by atoms with Gasteiger partial charge in [0, 0.05) is 37.9 Å². The summed E-state index contributed by atoms with van der Waals surface area (Å²) in [6.45, 7) is 3.25. The molecule has 5 rings (SSSR count). The summed E-state index contributed by atoms with van der Waals surface area (Å²) >= 11 is 0. The van der Waals surface area contributed by atoms with Gasteiger partial charge in [-0.25, -0.2) is 4.68 Å². The highest BCUT2D eigenvalue weighted by Gasteiger charge is 2.25. The molecule has 0 atom stereocenters. The van der Waals surface area contributed by atoms with Gasteiger partial charge in [-0.05, 0) is 42.5 Å². The first-order valence-corrected chi connectivity index (χ1v) is 10.8. The van der Waals surface area contributed by atoms with Crippen LogP contribution in [-0.4, -0.2) is 68.9 Å². The zero-order valence-electron chi connectivity index (χ0n) is 18.3. The third kappa shape index (κ3) is 4.63. The van der Waals surface area contributed by atoms with E-state index in [1.54, 1.807) is 17.9 Å². The zero-order valence-corrected chi connectivity index (χ0v) is 18.3. The number of carbonyl (C=O) groups excluding carboxylic acids is 1. The molecule has 0 spiro atoms. The minimum absolute atomic E-state index is 0.0519. The molecule has 1 aliphatic heterocycles. The lowest BCUT2D eigenvalue weighted by Gasteiger charge is -2.33. The Bertz CT molecular complexity index is 1210. The Morgan fingerprint density at radius 3 is 2.48 bits per heavy atom. The first-order chi connectivity index (χ1) is 16.2. The minimum Gasteiger partial charge on any atom is -0.497 e. The van der Waals surface area contributed by atoms with E-state index < -0.39 is 0 Å². The molecule has 2 aromatic heterocycles. The van der Waals surface area contributed by atoms with Gasteiger partial charge >= 0.3 is 0 Å². The van der Waals surface area contributed by atoms with Crippen LogP contribution in [0, 0.1) is 0 Å². The maximum atomic E-state index is 12.9. The predicted molar refractivity (Wildman–Crippen MR) is 121 cm³/mol. The first-order valence-electron chi connectivity index (χ1n) is 10.8. The molecule has 0 N–H and O–H groups in total. The van der Waals surface area contributed by atoms with Gasteiger partial charge in [-0.15, -0.1) is 0 Å². The molecule has 2 aromatic carbocycles. The number of carbonyl (C=O) groups is 1. The summed E-state index contributed by atoms with van der Waals surface area (Å²) in [6.07, 6.45) is 1.81. The summed E-state index contributed by atoms with van der Waals surface area (Å²) in [4.78, 5) is 21.5. The largest absolute Gasteiger partial charge is 0.497 e. The molecule has 0 radical (unpaired) electrons. The van der Waals surface area contributed by atoms with E-state index in [2.05, 4.69) is 20.1 Å².